The molecule has 5 heteroatoms. The van der Waals surface area contributed by atoms with Crippen molar-refractivity contribution in [2.24, 2.45) is 0 Å². The third-order valence-corrected chi connectivity index (χ3v) is 4.27. The molecule has 0 aromatic heterocycles. The highest BCUT2D eigenvalue weighted by Gasteiger charge is 2.40. The molecule has 1 fully saturated rings. The third kappa shape index (κ3) is 2.63. The van der Waals surface area contributed by atoms with E-state index in [9.17, 15) is 4.79 Å². The molecular weight excluding hydrogens is 274 g/mol. The molecule has 1 heterocycles. The fourth-order valence-corrected chi connectivity index (χ4v) is 2.94. The molecule has 0 spiro atoms. The molecule has 0 saturated carbocycles. The first-order valence-corrected chi connectivity index (χ1v) is 7.22. The van der Waals surface area contributed by atoms with Gasteiger partial charge in [-0.05, 0) is 38.6 Å². The third-order valence-electron chi connectivity index (χ3n) is 3.92. The maximum atomic E-state index is 12.3. The van der Waals surface area contributed by atoms with E-state index in [4.69, 9.17) is 11.6 Å². The van der Waals surface area contributed by atoms with Crippen LogP contribution in [0, 0.1) is 0 Å². The standard InChI is InChI=1S/C15H22ClN3O/c1-15(2)14(20)18(4)7-8-19(15)12-6-5-11(10-17-3)13(16)9-12/h5-6,9,17H,7-8,10H2,1-4H3. The lowest BCUT2D eigenvalue weighted by Gasteiger charge is -2.46. The van der Waals surface area contributed by atoms with Crippen molar-refractivity contribution < 1.29 is 4.79 Å². The minimum Gasteiger partial charge on any atom is -0.356 e. The van der Waals surface area contributed by atoms with Crippen molar-refractivity contribution in [3.05, 3.63) is 28.8 Å². The van der Waals surface area contributed by atoms with Gasteiger partial charge in [0.1, 0.15) is 5.54 Å². The lowest BCUT2D eigenvalue weighted by Crippen LogP contribution is -2.62. The molecule has 0 atom stereocenters. The highest BCUT2D eigenvalue weighted by molar-refractivity contribution is 6.31. The Hall–Kier alpha value is -1.26. The zero-order valence-electron chi connectivity index (χ0n) is 12.5. The number of nitrogens with zero attached hydrogens (tertiary/aromatic N) is 2. The zero-order chi connectivity index (χ0) is 14.9. The number of carbonyl (C=O) groups is 1. The molecule has 4 nitrogen and oxygen atoms in total. The summed E-state index contributed by atoms with van der Waals surface area (Å²) in [6, 6.07) is 6.01. The molecule has 1 aromatic carbocycles. The molecule has 1 saturated heterocycles. The number of hydrogen-bond acceptors (Lipinski definition) is 3. The van der Waals surface area contributed by atoms with Gasteiger partial charge in [0.15, 0.2) is 0 Å². The van der Waals surface area contributed by atoms with Crippen molar-refractivity contribution in [3.63, 3.8) is 0 Å². The summed E-state index contributed by atoms with van der Waals surface area (Å²) in [6.45, 7) is 6.21. The summed E-state index contributed by atoms with van der Waals surface area (Å²) >= 11 is 6.32. The van der Waals surface area contributed by atoms with Crippen LogP contribution in [0.25, 0.3) is 0 Å². The summed E-state index contributed by atoms with van der Waals surface area (Å²) in [5.41, 5.74) is 1.53. The summed E-state index contributed by atoms with van der Waals surface area (Å²) in [7, 11) is 3.75. The highest BCUT2D eigenvalue weighted by Crippen LogP contribution is 2.31. The number of hydrogen-bond donors (Lipinski definition) is 1. The number of likely N-dealkylation sites (N-methyl/N-ethyl adjacent to an activating group) is 1. The Bertz CT molecular complexity index is 516. The quantitative estimate of drug-likeness (QED) is 0.928. The van der Waals surface area contributed by atoms with Gasteiger partial charge in [-0.25, -0.2) is 0 Å². The average molecular weight is 296 g/mol. The monoisotopic (exact) mass is 295 g/mol. The van der Waals surface area contributed by atoms with E-state index >= 15 is 0 Å². The number of amides is 1. The fourth-order valence-electron chi connectivity index (χ4n) is 2.70. The number of carbonyl (C=O) groups excluding carboxylic acids is 1. The first-order chi connectivity index (χ1) is 9.37. The smallest absolute Gasteiger partial charge is 0.247 e. The van der Waals surface area contributed by atoms with Crippen molar-refractivity contribution >= 4 is 23.2 Å². The van der Waals surface area contributed by atoms with Gasteiger partial charge in [-0.15, -0.1) is 0 Å². The molecule has 0 aliphatic carbocycles. The fraction of sp³-hybridized carbons (Fsp3) is 0.533. The summed E-state index contributed by atoms with van der Waals surface area (Å²) in [4.78, 5) is 16.2. The van der Waals surface area contributed by atoms with Gasteiger partial charge < -0.3 is 15.1 Å². The average Bonchev–Trinajstić information content (AvgIpc) is 2.39. The molecule has 0 radical (unpaired) electrons. The van der Waals surface area contributed by atoms with Crippen molar-refractivity contribution in [3.8, 4) is 0 Å². The van der Waals surface area contributed by atoms with E-state index < -0.39 is 5.54 Å². The van der Waals surface area contributed by atoms with Gasteiger partial charge in [0, 0.05) is 37.4 Å². The Morgan fingerprint density at radius 2 is 2.05 bits per heavy atom. The van der Waals surface area contributed by atoms with Gasteiger partial charge in [-0.3, -0.25) is 4.79 Å². The van der Waals surface area contributed by atoms with E-state index in [-0.39, 0.29) is 5.91 Å². The van der Waals surface area contributed by atoms with Gasteiger partial charge in [0.05, 0.1) is 0 Å². The van der Waals surface area contributed by atoms with Crippen LogP contribution >= 0.6 is 11.6 Å². The zero-order valence-corrected chi connectivity index (χ0v) is 13.3. The molecule has 2 rings (SSSR count). The normalized spacial score (nSPS) is 18.6. The lowest BCUT2D eigenvalue weighted by atomic mass is 9.96. The van der Waals surface area contributed by atoms with Gasteiger partial charge in [-0.1, -0.05) is 17.7 Å². The number of halogens is 1. The molecule has 20 heavy (non-hydrogen) atoms. The number of benzene rings is 1. The predicted octanol–water partition coefficient (Wildman–Crippen LogP) is 2.12. The summed E-state index contributed by atoms with van der Waals surface area (Å²) in [5.74, 6) is 0.138. The predicted molar refractivity (Wildman–Crippen MR) is 83.3 cm³/mol. The van der Waals surface area contributed by atoms with E-state index in [0.29, 0.717) is 0 Å². The van der Waals surface area contributed by atoms with Crippen molar-refractivity contribution in [1.29, 1.82) is 0 Å². The van der Waals surface area contributed by atoms with E-state index in [1.54, 1.807) is 4.90 Å². The van der Waals surface area contributed by atoms with Crippen LogP contribution in [0.4, 0.5) is 5.69 Å². The lowest BCUT2D eigenvalue weighted by molar-refractivity contribution is -0.136. The number of piperazine rings is 1. The molecule has 1 aliphatic rings. The maximum absolute atomic E-state index is 12.3. The van der Waals surface area contributed by atoms with Crippen LogP contribution in [0.1, 0.15) is 19.4 Å². The van der Waals surface area contributed by atoms with Crippen molar-refractivity contribution in [1.82, 2.24) is 10.2 Å². The van der Waals surface area contributed by atoms with Gasteiger partial charge in [0.2, 0.25) is 5.91 Å². The number of rotatable bonds is 3. The van der Waals surface area contributed by atoms with E-state index in [2.05, 4.69) is 10.2 Å². The highest BCUT2D eigenvalue weighted by atomic mass is 35.5. The molecule has 1 aliphatic heterocycles. The number of anilines is 1. The van der Waals surface area contributed by atoms with Crippen LogP contribution in [0.2, 0.25) is 5.02 Å². The minimum atomic E-state index is -0.541. The Kier molecular flexibility index (Phi) is 4.25. The van der Waals surface area contributed by atoms with Crippen LogP contribution in [-0.2, 0) is 11.3 Å². The van der Waals surface area contributed by atoms with Crippen LogP contribution < -0.4 is 10.2 Å². The summed E-state index contributed by atoms with van der Waals surface area (Å²) in [5, 5.41) is 3.83. The second-order valence-electron chi connectivity index (χ2n) is 5.74. The first-order valence-electron chi connectivity index (χ1n) is 6.84. The first kappa shape index (κ1) is 15.1. The molecule has 1 amide bonds. The number of nitrogens with one attached hydrogen (secondary N) is 1. The topological polar surface area (TPSA) is 35.6 Å². The second-order valence-corrected chi connectivity index (χ2v) is 6.15. The maximum Gasteiger partial charge on any atom is 0.247 e. The van der Waals surface area contributed by atoms with Gasteiger partial charge in [0.25, 0.3) is 0 Å². The van der Waals surface area contributed by atoms with E-state index in [0.717, 1.165) is 35.9 Å². The molecule has 110 valence electrons. The van der Waals surface area contributed by atoms with Crippen LogP contribution in [0.15, 0.2) is 18.2 Å². The summed E-state index contributed by atoms with van der Waals surface area (Å²) < 4.78 is 0. The van der Waals surface area contributed by atoms with E-state index in [1.807, 2.05) is 46.1 Å². The SMILES string of the molecule is CNCc1ccc(N2CCN(C)C(=O)C2(C)C)cc1Cl. The van der Waals surface area contributed by atoms with Gasteiger partial charge >= 0.3 is 0 Å². The molecular formula is C15H22ClN3O. The van der Waals surface area contributed by atoms with Gasteiger partial charge in [-0.2, -0.15) is 0 Å². The second kappa shape index (κ2) is 5.62. The Labute approximate surface area is 125 Å². The molecule has 0 unspecified atom stereocenters. The van der Waals surface area contributed by atoms with Crippen LogP contribution in [0.5, 0.6) is 0 Å². The summed E-state index contributed by atoms with van der Waals surface area (Å²) in [6.07, 6.45) is 0. The van der Waals surface area contributed by atoms with Crippen LogP contribution in [-0.4, -0.2) is 43.5 Å². The Morgan fingerprint density at radius 3 is 2.65 bits per heavy atom. The van der Waals surface area contributed by atoms with Crippen LogP contribution in [0.3, 0.4) is 0 Å². The Morgan fingerprint density at radius 1 is 1.35 bits per heavy atom. The van der Waals surface area contributed by atoms with Crippen molar-refractivity contribution in [2.75, 3.05) is 32.1 Å². The molecule has 0 bridgehead atoms. The van der Waals surface area contributed by atoms with Crippen molar-refractivity contribution in [2.45, 2.75) is 25.9 Å². The molecule has 1 aromatic rings. The van der Waals surface area contributed by atoms with E-state index in [1.165, 1.54) is 0 Å². The largest absolute Gasteiger partial charge is 0.356 e. The molecule has 1 N–H and O–H groups in total. The Balaban J connectivity index is 2.31. The minimum absolute atomic E-state index is 0.138.